The molecule has 0 aromatic heterocycles. The van der Waals surface area contributed by atoms with Crippen molar-refractivity contribution in [3.05, 3.63) is 12.2 Å². The molecule has 5 nitrogen and oxygen atoms in total. The van der Waals surface area contributed by atoms with Crippen molar-refractivity contribution in [3.8, 4) is 0 Å². The number of carbonyl (C=O) groups excluding carboxylic acids is 1. The minimum absolute atomic E-state index is 0.0262. The molecule has 0 spiro atoms. The van der Waals surface area contributed by atoms with E-state index >= 15 is 0 Å². The molecule has 0 aromatic carbocycles. The molecular formula is C20H30O5. The van der Waals surface area contributed by atoms with Gasteiger partial charge in [-0.1, -0.05) is 19.9 Å². The summed E-state index contributed by atoms with van der Waals surface area (Å²) in [5.74, 6) is -0.0943. The first-order valence-electron chi connectivity index (χ1n) is 9.67. The summed E-state index contributed by atoms with van der Waals surface area (Å²) in [5.41, 5.74) is -0.431. The zero-order chi connectivity index (χ0) is 18.0. The van der Waals surface area contributed by atoms with Crippen LogP contribution >= 0.6 is 0 Å². The van der Waals surface area contributed by atoms with E-state index in [0.29, 0.717) is 18.4 Å². The SMILES string of the molecule is C=C1C(=O)O[C@H]2[C@H]3O[C@@H](C[C@@H]12)[C@](C)(O)CC[C@@H]1OC1(C)CCC[C@H]3C. The number of hydrogen-bond acceptors (Lipinski definition) is 5. The fourth-order valence-corrected chi connectivity index (χ4v) is 5.01. The van der Waals surface area contributed by atoms with Crippen molar-refractivity contribution in [1.29, 1.82) is 0 Å². The molecule has 5 heteroatoms. The third kappa shape index (κ3) is 2.94. The Morgan fingerprint density at radius 1 is 1.16 bits per heavy atom. The molecule has 2 bridgehead atoms. The molecule has 4 saturated heterocycles. The second-order valence-electron chi connectivity index (χ2n) is 9.01. The standard InChI is InChI=1S/C20H30O5/c1-11-6-5-8-20(4)14(25-20)7-9-19(3,22)15-10-13-12(2)18(21)24-17(13)16(11)23-15/h11,13-17,22H,2,5-10H2,1,3-4H3/t11-,13+,14+,15+,16+,17-,19-,20?/m1/s1. The molecule has 140 valence electrons. The van der Waals surface area contributed by atoms with Gasteiger partial charge in [-0.25, -0.2) is 4.79 Å². The van der Waals surface area contributed by atoms with Crippen LogP contribution in [0.25, 0.3) is 0 Å². The zero-order valence-electron chi connectivity index (χ0n) is 15.5. The van der Waals surface area contributed by atoms with E-state index in [-0.39, 0.29) is 47.8 Å². The lowest BCUT2D eigenvalue weighted by molar-refractivity contribution is -0.208. The maximum absolute atomic E-state index is 12.0. The molecule has 1 unspecified atom stereocenters. The highest BCUT2D eigenvalue weighted by Crippen LogP contribution is 2.48. The van der Waals surface area contributed by atoms with Gasteiger partial charge in [-0.05, 0) is 51.9 Å². The first-order chi connectivity index (χ1) is 11.7. The Kier molecular flexibility index (Phi) is 4.06. The average molecular weight is 350 g/mol. The molecule has 0 saturated carbocycles. The summed E-state index contributed by atoms with van der Waals surface area (Å²) in [6.07, 6.45) is 4.66. The number of aliphatic hydroxyl groups is 1. The topological polar surface area (TPSA) is 68.3 Å². The fourth-order valence-electron chi connectivity index (χ4n) is 5.01. The van der Waals surface area contributed by atoms with Crippen LogP contribution in [-0.2, 0) is 19.0 Å². The van der Waals surface area contributed by atoms with Gasteiger partial charge < -0.3 is 19.3 Å². The van der Waals surface area contributed by atoms with Gasteiger partial charge in [0.05, 0.1) is 29.5 Å². The predicted molar refractivity (Wildman–Crippen MR) is 91.9 cm³/mol. The van der Waals surface area contributed by atoms with Crippen LogP contribution in [0, 0.1) is 11.8 Å². The van der Waals surface area contributed by atoms with Crippen LogP contribution in [0.15, 0.2) is 12.2 Å². The highest BCUT2D eigenvalue weighted by Gasteiger charge is 2.56. The largest absolute Gasteiger partial charge is 0.456 e. The van der Waals surface area contributed by atoms with Crippen LogP contribution in [0.3, 0.4) is 0 Å². The Balaban J connectivity index is 1.61. The number of fused-ring (bicyclic) bond motifs is 5. The molecule has 0 aromatic rings. The van der Waals surface area contributed by atoms with Crippen molar-refractivity contribution in [2.75, 3.05) is 0 Å². The fraction of sp³-hybridized carbons (Fsp3) is 0.850. The van der Waals surface area contributed by atoms with Crippen molar-refractivity contribution in [2.24, 2.45) is 11.8 Å². The molecule has 1 N–H and O–H groups in total. The lowest BCUT2D eigenvalue weighted by atomic mass is 9.75. The van der Waals surface area contributed by atoms with Crippen molar-refractivity contribution < 1.29 is 24.1 Å². The molecule has 8 atom stereocenters. The molecule has 4 rings (SSSR count). The normalized spacial score (nSPS) is 53.1. The Labute approximate surface area is 149 Å². The maximum atomic E-state index is 12.0. The van der Waals surface area contributed by atoms with Gasteiger partial charge >= 0.3 is 5.97 Å². The van der Waals surface area contributed by atoms with Crippen molar-refractivity contribution >= 4 is 5.97 Å². The van der Waals surface area contributed by atoms with Gasteiger partial charge in [-0.15, -0.1) is 0 Å². The monoisotopic (exact) mass is 350 g/mol. The van der Waals surface area contributed by atoms with Crippen molar-refractivity contribution in [3.63, 3.8) is 0 Å². The van der Waals surface area contributed by atoms with Gasteiger partial charge in [0, 0.05) is 11.5 Å². The minimum atomic E-state index is -0.944. The summed E-state index contributed by atoms with van der Waals surface area (Å²) in [6, 6.07) is 0. The molecule has 25 heavy (non-hydrogen) atoms. The van der Waals surface area contributed by atoms with Crippen LogP contribution in [-0.4, -0.2) is 46.7 Å². The van der Waals surface area contributed by atoms with E-state index in [1.807, 2.05) is 6.92 Å². The smallest absolute Gasteiger partial charge is 0.334 e. The second-order valence-corrected chi connectivity index (χ2v) is 9.01. The Hall–Kier alpha value is -0.910. The lowest BCUT2D eigenvalue weighted by Crippen LogP contribution is -2.54. The zero-order valence-corrected chi connectivity index (χ0v) is 15.5. The minimum Gasteiger partial charge on any atom is -0.456 e. The van der Waals surface area contributed by atoms with Gasteiger partial charge in [0.25, 0.3) is 0 Å². The third-order valence-electron chi connectivity index (χ3n) is 7.00. The molecule has 4 heterocycles. The summed E-state index contributed by atoms with van der Waals surface area (Å²) >= 11 is 0. The third-order valence-corrected chi connectivity index (χ3v) is 7.00. The Bertz CT molecular complexity index is 585. The van der Waals surface area contributed by atoms with Crippen LogP contribution in [0.1, 0.15) is 59.3 Å². The van der Waals surface area contributed by atoms with Crippen LogP contribution in [0.4, 0.5) is 0 Å². The lowest BCUT2D eigenvalue weighted by Gasteiger charge is -2.45. The number of esters is 1. The highest BCUT2D eigenvalue weighted by atomic mass is 16.6. The Morgan fingerprint density at radius 3 is 2.68 bits per heavy atom. The number of epoxide rings is 1. The van der Waals surface area contributed by atoms with Gasteiger partial charge in [0.15, 0.2) is 0 Å². The summed E-state index contributed by atoms with van der Waals surface area (Å²) in [5, 5.41) is 11.1. The van der Waals surface area contributed by atoms with Crippen LogP contribution in [0.5, 0.6) is 0 Å². The molecule has 4 aliphatic rings. The first kappa shape index (κ1) is 17.5. The number of ether oxygens (including phenoxy) is 3. The summed E-state index contributed by atoms with van der Waals surface area (Å²) in [6.45, 7) is 10.1. The van der Waals surface area contributed by atoms with E-state index < -0.39 is 5.60 Å². The number of hydrogen-bond donors (Lipinski definition) is 1. The number of carbonyl (C=O) groups is 1. The second kappa shape index (κ2) is 5.80. The van der Waals surface area contributed by atoms with E-state index in [0.717, 1.165) is 25.7 Å². The molecule has 0 amide bonds. The molecule has 4 fully saturated rings. The molecule has 0 radical (unpaired) electrons. The van der Waals surface area contributed by atoms with E-state index in [9.17, 15) is 9.90 Å². The molecule has 0 aliphatic carbocycles. The molecule has 4 aliphatic heterocycles. The molecular weight excluding hydrogens is 320 g/mol. The first-order valence-corrected chi connectivity index (χ1v) is 9.67. The maximum Gasteiger partial charge on any atom is 0.334 e. The summed E-state index contributed by atoms with van der Waals surface area (Å²) in [7, 11) is 0. The van der Waals surface area contributed by atoms with Gasteiger partial charge in [0.1, 0.15) is 6.10 Å². The van der Waals surface area contributed by atoms with E-state index in [4.69, 9.17) is 14.2 Å². The quantitative estimate of drug-likeness (QED) is 0.413. The highest BCUT2D eigenvalue weighted by molar-refractivity contribution is 5.91. The van der Waals surface area contributed by atoms with E-state index in [2.05, 4.69) is 20.4 Å². The van der Waals surface area contributed by atoms with Crippen LogP contribution in [0.2, 0.25) is 0 Å². The van der Waals surface area contributed by atoms with E-state index in [1.165, 1.54) is 0 Å². The van der Waals surface area contributed by atoms with Crippen LogP contribution < -0.4 is 0 Å². The number of rotatable bonds is 0. The van der Waals surface area contributed by atoms with Crippen molar-refractivity contribution in [2.45, 2.75) is 94.9 Å². The van der Waals surface area contributed by atoms with Gasteiger partial charge in [-0.2, -0.15) is 0 Å². The average Bonchev–Trinajstić information content (AvgIpc) is 3.11. The predicted octanol–water partition coefficient (Wildman–Crippen LogP) is 2.75. The van der Waals surface area contributed by atoms with E-state index in [1.54, 1.807) is 0 Å². The Morgan fingerprint density at radius 2 is 1.92 bits per heavy atom. The van der Waals surface area contributed by atoms with Gasteiger partial charge in [-0.3, -0.25) is 0 Å². The van der Waals surface area contributed by atoms with Gasteiger partial charge in [0.2, 0.25) is 0 Å². The summed E-state index contributed by atoms with van der Waals surface area (Å²) < 4.78 is 17.9. The summed E-state index contributed by atoms with van der Waals surface area (Å²) in [4.78, 5) is 12.0. The van der Waals surface area contributed by atoms with Crippen molar-refractivity contribution in [1.82, 2.24) is 0 Å².